The third-order valence-corrected chi connectivity index (χ3v) is 4.50. The van der Waals surface area contributed by atoms with Crippen LogP contribution in [0.2, 0.25) is 0 Å². The van der Waals surface area contributed by atoms with Gasteiger partial charge in [-0.1, -0.05) is 0 Å². The van der Waals surface area contributed by atoms with Crippen molar-refractivity contribution in [3.8, 4) is 0 Å². The Hall–Kier alpha value is -0.780. The highest BCUT2D eigenvalue weighted by atomic mass is 16.7. The molecule has 1 aliphatic carbocycles. The van der Waals surface area contributed by atoms with Gasteiger partial charge >= 0.3 is 0 Å². The van der Waals surface area contributed by atoms with Crippen molar-refractivity contribution < 1.29 is 24.4 Å². The molecule has 0 spiro atoms. The van der Waals surface area contributed by atoms with Gasteiger partial charge in [0.05, 0.1) is 36.9 Å². The van der Waals surface area contributed by atoms with Crippen molar-refractivity contribution in [3.63, 3.8) is 0 Å². The predicted molar refractivity (Wildman–Crippen MR) is 83.1 cm³/mol. The zero-order valence-electron chi connectivity index (χ0n) is 13.5. The molecule has 1 fully saturated rings. The van der Waals surface area contributed by atoms with E-state index in [1.807, 2.05) is 6.08 Å². The molecule has 0 radical (unpaired) electrons. The summed E-state index contributed by atoms with van der Waals surface area (Å²) in [5, 5.41) is 23.8. The summed E-state index contributed by atoms with van der Waals surface area (Å²) in [4.78, 5) is 0. The highest BCUT2D eigenvalue weighted by Crippen LogP contribution is 2.27. The number of rotatable bonds is 5. The molecule has 0 bridgehead atoms. The first-order chi connectivity index (χ1) is 10.9. The fourth-order valence-electron chi connectivity index (χ4n) is 3.12. The predicted octanol–water partition coefficient (Wildman–Crippen LogP) is -3.05. The number of ether oxygens (including phenoxy) is 3. The Kier molecular flexibility index (Phi) is 6.34. The van der Waals surface area contributed by atoms with E-state index in [1.165, 1.54) is 7.11 Å². The normalized spacial score (nSPS) is 44.6. The minimum atomic E-state index is -1.00. The fourth-order valence-corrected chi connectivity index (χ4v) is 3.12. The van der Waals surface area contributed by atoms with Crippen LogP contribution in [-0.4, -0.2) is 79.7 Å². The van der Waals surface area contributed by atoms with E-state index in [2.05, 4.69) is 5.32 Å². The van der Waals surface area contributed by atoms with Gasteiger partial charge in [-0.05, 0) is 19.5 Å². The Morgan fingerprint density at radius 1 is 1.30 bits per heavy atom. The maximum Gasteiger partial charge on any atom is 0.215 e. The molecule has 134 valence electrons. The third kappa shape index (κ3) is 3.67. The highest BCUT2D eigenvalue weighted by Gasteiger charge is 2.50. The van der Waals surface area contributed by atoms with Gasteiger partial charge in [-0.25, -0.2) is 0 Å². The lowest BCUT2D eigenvalue weighted by Gasteiger charge is -2.47. The second-order valence-corrected chi connectivity index (χ2v) is 5.93. The number of likely N-dealkylation sites (N-methyl/N-ethyl adjacent to an activating group) is 1. The van der Waals surface area contributed by atoms with Gasteiger partial charge in [0.1, 0.15) is 18.0 Å². The number of methoxy groups -OCH3 is 1. The molecule has 9 heteroatoms. The minimum Gasteiger partial charge on any atom is -0.467 e. The van der Waals surface area contributed by atoms with E-state index in [1.54, 1.807) is 7.05 Å². The first-order valence-corrected chi connectivity index (χ1v) is 7.73. The van der Waals surface area contributed by atoms with Crippen molar-refractivity contribution in [2.75, 3.05) is 20.7 Å². The largest absolute Gasteiger partial charge is 0.467 e. The lowest BCUT2D eigenvalue weighted by atomic mass is 9.81. The summed E-state index contributed by atoms with van der Waals surface area (Å²) in [6, 6.07) is -1.79. The van der Waals surface area contributed by atoms with Crippen molar-refractivity contribution in [2.24, 2.45) is 17.2 Å². The SMILES string of the molecule is CNC1C(O)C(OC2OC(CN)=CCC2N)C(N)C(O)C1OC. The number of hydrogen-bond donors (Lipinski definition) is 6. The van der Waals surface area contributed by atoms with E-state index in [0.29, 0.717) is 12.2 Å². The standard InChI is InChI=1S/C14H28N4O5/c1-18-9-11(20)12(8(17)10(19)13(9)21-2)23-14-7(16)4-3-6(5-15)22-14/h3,7-14,18-20H,4-5,15-17H2,1-2H3. The van der Waals surface area contributed by atoms with Crippen molar-refractivity contribution in [1.29, 1.82) is 0 Å². The van der Waals surface area contributed by atoms with Gasteiger partial charge in [0.25, 0.3) is 0 Å². The summed E-state index contributed by atoms with van der Waals surface area (Å²) in [6.45, 7) is 0.235. The van der Waals surface area contributed by atoms with E-state index >= 15 is 0 Å². The van der Waals surface area contributed by atoms with Crippen LogP contribution in [0.25, 0.3) is 0 Å². The fraction of sp³-hybridized carbons (Fsp3) is 0.857. The molecule has 2 rings (SSSR count). The molecular formula is C14H28N4O5. The Bertz CT molecular complexity index is 424. The maximum atomic E-state index is 10.6. The van der Waals surface area contributed by atoms with E-state index in [4.69, 9.17) is 31.4 Å². The number of nitrogens with one attached hydrogen (secondary N) is 1. The zero-order chi connectivity index (χ0) is 17.1. The quantitative estimate of drug-likeness (QED) is 0.307. The molecule has 1 aliphatic heterocycles. The molecule has 0 aromatic rings. The Balaban J connectivity index is 2.13. The zero-order valence-corrected chi connectivity index (χ0v) is 13.5. The van der Waals surface area contributed by atoms with E-state index in [9.17, 15) is 10.2 Å². The molecule has 1 saturated carbocycles. The summed E-state index contributed by atoms with van der Waals surface area (Å²) in [5.41, 5.74) is 17.6. The van der Waals surface area contributed by atoms with Crippen LogP contribution in [0.4, 0.5) is 0 Å². The van der Waals surface area contributed by atoms with Crippen molar-refractivity contribution in [1.82, 2.24) is 5.32 Å². The van der Waals surface area contributed by atoms with Crippen LogP contribution < -0.4 is 22.5 Å². The van der Waals surface area contributed by atoms with Gasteiger partial charge in [0, 0.05) is 7.11 Å². The summed E-state index contributed by atoms with van der Waals surface area (Å²) < 4.78 is 16.7. The molecule has 0 amide bonds. The van der Waals surface area contributed by atoms with Crippen LogP contribution in [0.15, 0.2) is 11.8 Å². The molecule has 23 heavy (non-hydrogen) atoms. The lowest BCUT2D eigenvalue weighted by molar-refractivity contribution is -0.230. The molecule has 9 N–H and O–H groups in total. The Morgan fingerprint density at radius 2 is 2.00 bits per heavy atom. The van der Waals surface area contributed by atoms with Crippen LogP contribution in [0.1, 0.15) is 6.42 Å². The van der Waals surface area contributed by atoms with Crippen molar-refractivity contribution in [2.45, 2.75) is 55.3 Å². The van der Waals surface area contributed by atoms with Gasteiger partial charge in [-0.15, -0.1) is 0 Å². The molecule has 8 atom stereocenters. The molecule has 0 aromatic heterocycles. The van der Waals surface area contributed by atoms with Crippen LogP contribution in [0.5, 0.6) is 0 Å². The third-order valence-electron chi connectivity index (χ3n) is 4.50. The average Bonchev–Trinajstić information content (AvgIpc) is 2.56. The lowest BCUT2D eigenvalue weighted by Crippen LogP contribution is -2.71. The van der Waals surface area contributed by atoms with Gasteiger partial charge in [0.2, 0.25) is 6.29 Å². The van der Waals surface area contributed by atoms with Crippen LogP contribution in [0.3, 0.4) is 0 Å². The summed E-state index contributed by atoms with van der Waals surface area (Å²) in [5.74, 6) is 0.580. The van der Waals surface area contributed by atoms with Crippen molar-refractivity contribution >= 4 is 0 Å². The van der Waals surface area contributed by atoms with Crippen LogP contribution in [0, 0.1) is 0 Å². The van der Waals surface area contributed by atoms with E-state index < -0.39 is 48.8 Å². The first kappa shape index (κ1) is 18.6. The number of nitrogens with two attached hydrogens (primary N) is 3. The highest BCUT2D eigenvalue weighted by molar-refractivity contribution is 5.06. The van der Waals surface area contributed by atoms with E-state index in [0.717, 1.165) is 0 Å². The number of aliphatic hydroxyl groups excluding tert-OH is 2. The van der Waals surface area contributed by atoms with Gasteiger partial charge in [-0.3, -0.25) is 0 Å². The van der Waals surface area contributed by atoms with Crippen molar-refractivity contribution in [3.05, 3.63) is 11.8 Å². The second-order valence-electron chi connectivity index (χ2n) is 5.93. The first-order valence-electron chi connectivity index (χ1n) is 7.73. The van der Waals surface area contributed by atoms with Crippen LogP contribution >= 0.6 is 0 Å². The average molecular weight is 332 g/mol. The molecule has 0 aromatic carbocycles. The topological polar surface area (TPSA) is 158 Å². The summed E-state index contributed by atoms with van der Waals surface area (Å²) in [7, 11) is 3.12. The van der Waals surface area contributed by atoms with Gasteiger partial charge in [0.15, 0.2) is 0 Å². The molecular weight excluding hydrogens is 304 g/mol. The Labute approximate surface area is 135 Å². The number of aliphatic hydroxyl groups is 2. The minimum absolute atomic E-state index is 0.235. The maximum absolute atomic E-state index is 10.6. The number of hydrogen-bond acceptors (Lipinski definition) is 9. The second kappa shape index (κ2) is 7.86. The van der Waals surface area contributed by atoms with E-state index in [-0.39, 0.29) is 6.54 Å². The summed E-state index contributed by atoms with van der Waals surface area (Å²) in [6.07, 6.45) is -1.93. The smallest absolute Gasteiger partial charge is 0.215 e. The molecule has 8 unspecified atom stereocenters. The van der Waals surface area contributed by atoms with Crippen LogP contribution in [-0.2, 0) is 14.2 Å². The van der Waals surface area contributed by atoms with Gasteiger partial charge in [-0.2, -0.15) is 0 Å². The summed E-state index contributed by atoms with van der Waals surface area (Å²) >= 11 is 0. The monoisotopic (exact) mass is 332 g/mol. The van der Waals surface area contributed by atoms with Gasteiger partial charge < -0.3 is 46.9 Å². The molecule has 0 saturated heterocycles. The Morgan fingerprint density at radius 3 is 2.57 bits per heavy atom. The molecule has 9 nitrogen and oxygen atoms in total. The molecule has 1 heterocycles. The molecule has 2 aliphatic rings.